The van der Waals surface area contributed by atoms with Crippen molar-refractivity contribution in [1.29, 1.82) is 0 Å². The fourth-order valence-electron chi connectivity index (χ4n) is 5.73. The van der Waals surface area contributed by atoms with Gasteiger partial charge < -0.3 is 20.2 Å². The minimum absolute atomic E-state index is 0.149. The average molecular weight is 513 g/mol. The molecule has 1 aliphatic carbocycles. The molecule has 3 N–H and O–H groups in total. The van der Waals surface area contributed by atoms with E-state index in [0.29, 0.717) is 29.0 Å². The molecule has 2 aromatic carbocycles. The number of benzene rings is 2. The smallest absolute Gasteiger partial charge is 0.270 e. The Morgan fingerprint density at radius 3 is 1.92 bits per heavy atom. The summed E-state index contributed by atoms with van der Waals surface area (Å²) in [6, 6.07) is 27.5. The Bertz CT molecular complexity index is 1800. The number of hydrogen-bond acceptors (Lipinski definition) is 6. The van der Waals surface area contributed by atoms with Crippen molar-refractivity contribution in [1.82, 2.24) is 35.2 Å². The van der Waals surface area contributed by atoms with Crippen molar-refractivity contribution in [3.63, 3.8) is 0 Å². The molecule has 1 saturated carbocycles. The van der Waals surface area contributed by atoms with Crippen LogP contribution in [-0.2, 0) is 0 Å². The van der Waals surface area contributed by atoms with Crippen LogP contribution in [0.3, 0.4) is 0 Å². The zero-order valence-corrected chi connectivity index (χ0v) is 20.9. The molecular weight excluding hydrogens is 488 g/mol. The highest BCUT2D eigenvalue weighted by Gasteiger charge is 2.56. The first-order valence-corrected chi connectivity index (χ1v) is 13.1. The molecule has 1 saturated heterocycles. The predicted molar refractivity (Wildman–Crippen MR) is 149 cm³/mol. The fourth-order valence-corrected chi connectivity index (χ4v) is 5.73. The molecule has 2 aliphatic rings. The van der Waals surface area contributed by atoms with Crippen molar-refractivity contribution in [3.05, 3.63) is 90.6 Å². The first kappa shape index (κ1) is 22.0. The van der Waals surface area contributed by atoms with Crippen molar-refractivity contribution in [3.8, 4) is 23.0 Å². The number of anilines is 1. The summed E-state index contributed by atoms with van der Waals surface area (Å²) in [6.45, 7) is 1.72. The first-order chi connectivity index (χ1) is 19.2. The van der Waals surface area contributed by atoms with Crippen LogP contribution in [0, 0.1) is 11.8 Å². The van der Waals surface area contributed by atoms with Gasteiger partial charge in [0.25, 0.3) is 5.91 Å². The van der Waals surface area contributed by atoms with Gasteiger partial charge in [-0.2, -0.15) is 0 Å². The van der Waals surface area contributed by atoms with Gasteiger partial charge in [0.15, 0.2) is 11.6 Å². The number of imidazole rings is 2. The van der Waals surface area contributed by atoms with Crippen LogP contribution in [0.2, 0.25) is 0 Å². The number of para-hydroxylation sites is 4. The Balaban J connectivity index is 0.939. The van der Waals surface area contributed by atoms with E-state index in [4.69, 9.17) is 4.98 Å². The van der Waals surface area contributed by atoms with E-state index in [2.05, 4.69) is 35.1 Å². The van der Waals surface area contributed by atoms with Crippen molar-refractivity contribution >= 4 is 33.8 Å². The maximum Gasteiger partial charge on any atom is 0.270 e. The molecule has 9 nitrogen and oxygen atoms in total. The summed E-state index contributed by atoms with van der Waals surface area (Å²) >= 11 is 0. The molecule has 190 valence electrons. The summed E-state index contributed by atoms with van der Waals surface area (Å²) in [7, 11) is 0. The average Bonchev–Trinajstić information content (AvgIpc) is 3.45. The normalized spacial score (nSPS) is 19.9. The van der Waals surface area contributed by atoms with Gasteiger partial charge in [-0.1, -0.05) is 36.4 Å². The highest BCUT2D eigenvalue weighted by Crippen LogP contribution is 2.46. The molecule has 8 rings (SSSR count). The third-order valence-electron chi connectivity index (χ3n) is 7.80. The summed E-state index contributed by atoms with van der Waals surface area (Å²) in [5.41, 5.74) is 5.61. The highest BCUT2D eigenvalue weighted by molar-refractivity contribution is 5.93. The van der Waals surface area contributed by atoms with E-state index in [1.807, 2.05) is 78.9 Å². The number of nitrogens with one attached hydrogen (secondary N) is 3. The molecule has 9 heteroatoms. The number of aromatic nitrogens is 6. The molecule has 0 bridgehead atoms. The number of fused-ring (bicyclic) bond motifs is 3. The maximum absolute atomic E-state index is 13.1. The third-order valence-corrected chi connectivity index (χ3v) is 7.80. The number of H-pyrrole nitrogens is 2. The van der Waals surface area contributed by atoms with Gasteiger partial charge in [0.1, 0.15) is 22.9 Å². The maximum atomic E-state index is 13.1. The molecule has 2 atom stereocenters. The van der Waals surface area contributed by atoms with Crippen LogP contribution in [0.25, 0.3) is 45.1 Å². The number of piperidine rings is 1. The number of amides is 1. The molecule has 39 heavy (non-hydrogen) atoms. The van der Waals surface area contributed by atoms with Gasteiger partial charge >= 0.3 is 0 Å². The van der Waals surface area contributed by atoms with Crippen molar-refractivity contribution in [2.75, 3.05) is 18.0 Å². The summed E-state index contributed by atoms with van der Waals surface area (Å²) < 4.78 is 0. The Kier molecular flexibility index (Phi) is 4.78. The molecule has 6 aromatic rings. The Labute approximate surface area is 223 Å². The van der Waals surface area contributed by atoms with E-state index in [9.17, 15) is 4.79 Å². The summed E-state index contributed by atoms with van der Waals surface area (Å²) in [6.07, 6.45) is 0. The van der Waals surface area contributed by atoms with Crippen molar-refractivity contribution in [2.45, 2.75) is 6.04 Å². The van der Waals surface area contributed by atoms with Crippen molar-refractivity contribution < 1.29 is 4.79 Å². The lowest BCUT2D eigenvalue weighted by Crippen LogP contribution is -2.35. The van der Waals surface area contributed by atoms with E-state index in [1.54, 1.807) is 6.07 Å². The summed E-state index contributed by atoms with van der Waals surface area (Å²) in [4.78, 5) is 40.8. The number of nitrogens with zero attached hydrogens (tertiary/aromatic N) is 5. The zero-order chi connectivity index (χ0) is 25.9. The fraction of sp³-hybridized carbons (Fsp3) is 0.167. The number of carbonyl (C=O) groups excluding carboxylic acids is 1. The van der Waals surface area contributed by atoms with E-state index in [-0.39, 0.29) is 11.9 Å². The number of pyridine rings is 2. The minimum Gasteiger partial charge on any atom is -0.356 e. The van der Waals surface area contributed by atoms with Crippen LogP contribution in [0.1, 0.15) is 10.5 Å². The molecule has 0 radical (unpaired) electrons. The van der Waals surface area contributed by atoms with E-state index >= 15 is 0 Å². The number of carbonyl (C=O) groups is 1. The van der Waals surface area contributed by atoms with Crippen LogP contribution in [0.15, 0.2) is 84.9 Å². The van der Waals surface area contributed by atoms with Crippen LogP contribution in [0.4, 0.5) is 5.82 Å². The van der Waals surface area contributed by atoms with E-state index in [0.717, 1.165) is 52.5 Å². The van der Waals surface area contributed by atoms with E-state index < -0.39 is 0 Å². The SMILES string of the molecule is O=C(NC1C2CN(c3cccc(-c4nc5ccccc5[nH]4)n3)CC21)c1cccc(-c2nc3ccccc3[nH]2)n1. The molecule has 2 fully saturated rings. The van der Waals surface area contributed by atoms with Crippen LogP contribution in [0.5, 0.6) is 0 Å². The molecule has 1 amide bonds. The lowest BCUT2D eigenvalue weighted by Gasteiger charge is -2.21. The summed E-state index contributed by atoms with van der Waals surface area (Å²) in [5, 5.41) is 3.21. The number of aromatic amines is 2. The van der Waals surface area contributed by atoms with Crippen molar-refractivity contribution in [2.24, 2.45) is 11.8 Å². The Morgan fingerprint density at radius 1 is 0.692 bits per heavy atom. The zero-order valence-electron chi connectivity index (χ0n) is 20.9. The van der Waals surface area contributed by atoms with Gasteiger partial charge in [-0.05, 0) is 48.5 Å². The van der Waals surface area contributed by atoms with Gasteiger partial charge in [0.2, 0.25) is 0 Å². The molecule has 0 spiro atoms. The molecule has 4 aromatic heterocycles. The second kappa shape index (κ2) is 8.49. The van der Waals surface area contributed by atoms with E-state index in [1.165, 1.54) is 0 Å². The van der Waals surface area contributed by atoms with Gasteiger partial charge in [0.05, 0.1) is 22.1 Å². The second-order valence-electron chi connectivity index (χ2n) is 10.2. The second-order valence-corrected chi connectivity index (χ2v) is 10.2. The van der Waals surface area contributed by atoms with Gasteiger partial charge in [0, 0.05) is 31.0 Å². The molecular formula is C30H24N8O. The molecule has 2 unspecified atom stereocenters. The Hall–Kier alpha value is -5.05. The number of hydrogen-bond donors (Lipinski definition) is 3. The molecule has 5 heterocycles. The van der Waals surface area contributed by atoms with Gasteiger partial charge in [-0.3, -0.25) is 4.79 Å². The van der Waals surface area contributed by atoms with Gasteiger partial charge in [-0.15, -0.1) is 0 Å². The topological polar surface area (TPSA) is 115 Å². The minimum atomic E-state index is -0.149. The monoisotopic (exact) mass is 512 g/mol. The lowest BCUT2D eigenvalue weighted by molar-refractivity contribution is 0.0942. The van der Waals surface area contributed by atoms with Crippen LogP contribution < -0.4 is 10.2 Å². The molecule has 1 aliphatic heterocycles. The Morgan fingerprint density at radius 2 is 1.28 bits per heavy atom. The van der Waals surface area contributed by atoms with Crippen LogP contribution in [-0.4, -0.2) is 54.9 Å². The lowest BCUT2D eigenvalue weighted by atomic mass is 10.2. The largest absolute Gasteiger partial charge is 0.356 e. The predicted octanol–water partition coefficient (Wildman–Crippen LogP) is 4.43. The summed E-state index contributed by atoms with van der Waals surface area (Å²) in [5.74, 6) is 3.02. The van der Waals surface area contributed by atoms with Gasteiger partial charge in [-0.25, -0.2) is 19.9 Å². The third kappa shape index (κ3) is 3.82. The quantitative estimate of drug-likeness (QED) is 0.315. The highest BCUT2D eigenvalue weighted by atomic mass is 16.2. The number of rotatable bonds is 5. The first-order valence-electron chi connectivity index (χ1n) is 13.1. The van der Waals surface area contributed by atoms with Crippen LogP contribution >= 0.6 is 0 Å². The standard InChI is InChI=1S/C30H24N8O/c39-30(25-13-5-11-23(31-25)28-33-19-7-1-2-8-20(19)34-28)37-27-17-15-38(16-18(17)27)26-14-6-12-24(32-26)29-35-21-9-3-4-10-22(21)36-29/h1-14,17-18,27H,15-16H2,(H,33,34)(H,35,36)(H,37,39).